The molecule has 0 unspecified atom stereocenters. The number of hydrogen-bond donors (Lipinski definition) is 2. The van der Waals surface area contributed by atoms with Crippen molar-refractivity contribution in [3.63, 3.8) is 0 Å². The van der Waals surface area contributed by atoms with Gasteiger partial charge in [0.2, 0.25) is 0 Å². The van der Waals surface area contributed by atoms with E-state index in [1.807, 2.05) is 0 Å². The molecule has 0 heterocycles. The Bertz CT molecular complexity index is 154. The first-order valence-electron chi connectivity index (χ1n) is 3.31. The fourth-order valence-corrected chi connectivity index (χ4v) is 1.31. The van der Waals surface area contributed by atoms with Crippen molar-refractivity contribution in [3.05, 3.63) is 0 Å². The van der Waals surface area contributed by atoms with Gasteiger partial charge in [0.1, 0.15) is 5.54 Å². The van der Waals surface area contributed by atoms with Crippen LogP contribution in [0.1, 0.15) is 12.8 Å². The lowest BCUT2D eigenvalue weighted by atomic mass is 9.64. The van der Waals surface area contributed by atoms with Crippen molar-refractivity contribution >= 4 is 13.8 Å². The van der Waals surface area contributed by atoms with Crippen LogP contribution in [0.3, 0.4) is 0 Å². The molecule has 1 rings (SSSR count). The van der Waals surface area contributed by atoms with Crippen LogP contribution in [0.25, 0.3) is 0 Å². The quantitative estimate of drug-likeness (QED) is 0.519. The Labute approximate surface area is 61.0 Å². The molecule has 0 aliphatic heterocycles. The van der Waals surface area contributed by atoms with Crippen molar-refractivity contribution < 1.29 is 9.90 Å². The predicted molar refractivity (Wildman–Crippen MR) is 37.8 cm³/mol. The maximum Gasteiger partial charge on any atom is 0.323 e. The van der Waals surface area contributed by atoms with Gasteiger partial charge >= 0.3 is 5.97 Å². The number of aliphatic carboxylic acids is 1. The van der Waals surface area contributed by atoms with Crippen LogP contribution < -0.4 is 5.73 Å². The van der Waals surface area contributed by atoms with E-state index >= 15 is 0 Å². The van der Waals surface area contributed by atoms with Gasteiger partial charge in [-0.2, -0.15) is 0 Å². The molecule has 0 aromatic rings. The predicted octanol–water partition coefficient (Wildman–Crippen LogP) is -0.235. The number of rotatable bonds is 2. The summed E-state index contributed by atoms with van der Waals surface area (Å²) < 4.78 is 0. The second-order valence-corrected chi connectivity index (χ2v) is 2.97. The maximum atomic E-state index is 10.4. The van der Waals surface area contributed by atoms with E-state index < -0.39 is 11.5 Å². The van der Waals surface area contributed by atoms with Gasteiger partial charge in [0.15, 0.2) is 0 Å². The van der Waals surface area contributed by atoms with Crippen LogP contribution >= 0.6 is 0 Å². The van der Waals surface area contributed by atoms with Crippen LogP contribution in [0.2, 0.25) is 6.32 Å². The average molecular weight is 139 g/mol. The van der Waals surface area contributed by atoms with Crippen molar-refractivity contribution in [1.29, 1.82) is 0 Å². The summed E-state index contributed by atoms with van der Waals surface area (Å²) in [5.74, 6) is -0.585. The molecule has 1 fully saturated rings. The van der Waals surface area contributed by atoms with Gasteiger partial charge in [-0.3, -0.25) is 4.79 Å². The van der Waals surface area contributed by atoms with Crippen molar-refractivity contribution in [2.45, 2.75) is 24.7 Å². The molecule has 0 bridgehead atoms. The number of carbonyl (C=O) groups is 1. The molecule has 0 atom stereocenters. The zero-order valence-corrected chi connectivity index (χ0v) is 5.71. The molecular weight excluding hydrogens is 129 g/mol. The molecule has 0 aromatic heterocycles. The molecule has 1 aliphatic rings. The molecule has 4 heteroatoms. The van der Waals surface area contributed by atoms with Gasteiger partial charge in [0.05, 0.1) is 7.85 Å². The minimum atomic E-state index is -0.968. The van der Waals surface area contributed by atoms with Crippen molar-refractivity contribution in [2.75, 3.05) is 0 Å². The van der Waals surface area contributed by atoms with E-state index in [0.717, 1.165) is 0 Å². The zero-order valence-electron chi connectivity index (χ0n) is 5.71. The standard InChI is InChI=1S/C6H10BNO2/c7-3-4-1-6(8,2-4)5(9)10/h4H,1-3,8H2,(H,9,10). The fraction of sp³-hybridized carbons (Fsp3) is 0.833. The van der Waals surface area contributed by atoms with Crippen LogP contribution in [-0.2, 0) is 4.79 Å². The number of carboxylic acid groups (broad SMARTS) is 1. The van der Waals surface area contributed by atoms with Gasteiger partial charge in [-0.05, 0) is 18.8 Å². The molecule has 10 heavy (non-hydrogen) atoms. The van der Waals surface area contributed by atoms with Gasteiger partial charge < -0.3 is 10.8 Å². The summed E-state index contributed by atoms with van der Waals surface area (Å²) in [6, 6.07) is 0. The van der Waals surface area contributed by atoms with Crippen molar-refractivity contribution in [3.8, 4) is 0 Å². The number of nitrogens with two attached hydrogens (primary N) is 1. The lowest BCUT2D eigenvalue weighted by molar-refractivity contribution is -0.148. The van der Waals surface area contributed by atoms with E-state index in [9.17, 15) is 4.79 Å². The van der Waals surface area contributed by atoms with Crippen molar-refractivity contribution in [1.82, 2.24) is 0 Å². The van der Waals surface area contributed by atoms with E-state index in [-0.39, 0.29) is 0 Å². The van der Waals surface area contributed by atoms with Gasteiger partial charge in [0, 0.05) is 0 Å². The minimum absolute atomic E-state index is 0.320. The first-order chi connectivity index (χ1) is 4.58. The first-order valence-corrected chi connectivity index (χ1v) is 3.31. The summed E-state index contributed by atoms with van der Waals surface area (Å²) in [4.78, 5) is 10.4. The third-order valence-corrected chi connectivity index (χ3v) is 2.07. The Morgan fingerprint density at radius 3 is 2.60 bits per heavy atom. The smallest absolute Gasteiger partial charge is 0.323 e. The monoisotopic (exact) mass is 139 g/mol. The van der Waals surface area contributed by atoms with E-state index in [1.54, 1.807) is 0 Å². The molecule has 1 aliphatic carbocycles. The summed E-state index contributed by atoms with van der Waals surface area (Å²) in [6.45, 7) is 0. The third-order valence-electron chi connectivity index (χ3n) is 2.07. The van der Waals surface area contributed by atoms with Crippen LogP contribution in [0, 0.1) is 5.92 Å². The van der Waals surface area contributed by atoms with Gasteiger partial charge in [-0.1, -0.05) is 6.32 Å². The summed E-state index contributed by atoms with van der Waals surface area (Å²) in [6.07, 6.45) is 1.60. The highest BCUT2D eigenvalue weighted by atomic mass is 16.4. The molecule has 0 amide bonds. The topological polar surface area (TPSA) is 63.3 Å². The second-order valence-electron chi connectivity index (χ2n) is 2.97. The Hall–Kier alpha value is -0.505. The van der Waals surface area contributed by atoms with E-state index in [0.29, 0.717) is 25.1 Å². The minimum Gasteiger partial charge on any atom is -0.480 e. The largest absolute Gasteiger partial charge is 0.480 e. The Kier molecular flexibility index (Phi) is 1.73. The first kappa shape index (κ1) is 7.60. The molecular formula is C6H10BNO2. The second kappa shape index (κ2) is 2.27. The molecule has 1 saturated carbocycles. The van der Waals surface area contributed by atoms with Crippen molar-refractivity contribution in [2.24, 2.45) is 11.7 Å². The van der Waals surface area contributed by atoms with Crippen LogP contribution in [0.15, 0.2) is 0 Å². The Morgan fingerprint density at radius 2 is 2.30 bits per heavy atom. The average Bonchev–Trinajstić information content (AvgIpc) is 1.80. The summed E-state index contributed by atoms with van der Waals surface area (Å²) in [5.41, 5.74) is 4.49. The maximum absolute atomic E-state index is 10.4. The normalized spacial score (nSPS) is 38.7. The third kappa shape index (κ3) is 1.03. The zero-order chi connectivity index (χ0) is 7.78. The lowest BCUT2D eigenvalue weighted by Gasteiger charge is -2.41. The fourth-order valence-electron chi connectivity index (χ4n) is 1.31. The SMILES string of the molecule is [B]CC1CC(N)(C(=O)O)C1. The molecule has 2 radical (unpaired) electrons. The highest BCUT2D eigenvalue weighted by Crippen LogP contribution is 2.37. The van der Waals surface area contributed by atoms with Gasteiger partial charge in [-0.15, -0.1) is 0 Å². The highest BCUT2D eigenvalue weighted by molar-refractivity contribution is 6.08. The number of carboxylic acids is 1. The van der Waals surface area contributed by atoms with E-state index in [1.165, 1.54) is 0 Å². The van der Waals surface area contributed by atoms with Crippen LogP contribution in [-0.4, -0.2) is 24.5 Å². The van der Waals surface area contributed by atoms with E-state index in [2.05, 4.69) is 0 Å². The van der Waals surface area contributed by atoms with Crippen LogP contribution in [0.5, 0.6) is 0 Å². The molecule has 0 spiro atoms. The Morgan fingerprint density at radius 1 is 1.80 bits per heavy atom. The lowest BCUT2D eigenvalue weighted by Crippen LogP contribution is -2.57. The summed E-state index contributed by atoms with van der Waals surface area (Å²) >= 11 is 0. The molecule has 0 saturated heterocycles. The molecule has 3 nitrogen and oxygen atoms in total. The molecule has 3 N–H and O–H groups in total. The summed E-state index contributed by atoms with van der Waals surface area (Å²) in [5, 5.41) is 8.54. The van der Waals surface area contributed by atoms with Crippen LogP contribution in [0.4, 0.5) is 0 Å². The van der Waals surface area contributed by atoms with Gasteiger partial charge in [0.25, 0.3) is 0 Å². The molecule has 0 aromatic carbocycles. The number of hydrogen-bond acceptors (Lipinski definition) is 2. The molecule has 54 valence electrons. The summed E-state index contributed by atoms with van der Waals surface area (Å²) in [7, 11) is 5.31. The van der Waals surface area contributed by atoms with Gasteiger partial charge in [-0.25, -0.2) is 0 Å². The highest BCUT2D eigenvalue weighted by Gasteiger charge is 2.45. The Balaban J connectivity index is 2.42. The van der Waals surface area contributed by atoms with E-state index in [4.69, 9.17) is 18.7 Å².